The topological polar surface area (TPSA) is 89.7 Å². The van der Waals surface area contributed by atoms with Crippen LogP contribution in [0.15, 0.2) is 78.0 Å². The molecule has 0 atom stereocenters. The minimum atomic E-state index is -4.76. The zero-order valence-corrected chi connectivity index (χ0v) is 25.2. The molecule has 0 bridgehead atoms. The second-order valence-electron chi connectivity index (χ2n) is 10.6. The molecule has 1 aromatic heterocycles. The van der Waals surface area contributed by atoms with Gasteiger partial charge in [0.05, 0.1) is 17.1 Å². The maximum Gasteiger partial charge on any atom is 0.573 e. The fraction of sp³-hybridized carbons (Fsp3) is 0.281. The van der Waals surface area contributed by atoms with Gasteiger partial charge in [0.1, 0.15) is 12.1 Å². The molecule has 5 rings (SSSR count). The Balaban J connectivity index is 1.21. The van der Waals surface area contributed by atoms with E-state index in [1.165, 1.54) is 47.0 Å². The normalized spacial score (nSPS) is 14.6. The first-order chi connectivity index (χ1) is 21.0. The fourth-order valence-corrected chi connectivity index (χ4v) is 5.69. The molecule has 0 unspecified atom stereocenters. The highest BCUT2D eigenvalue weighted by Gasteiger charge is 2.32. The fourth-order valence-electron chi connectivity index (χ4n) is 4.81. The van der Waals surface area contributed by atoms with Crippen LogP contribution in [0.25, 0.3) is 17.1 Å². The SMILES string of the molecule is Cc1ccc(N2C(=O)CSC2=NC(=O)CCCc2cccc(-c3ncn(-c4ccc(OC(F)(F)F)cc4)n3)c2)c(C(C)C)c1. The van der Waals surface area contributed by atoms with E-state index in [0.29, 0.717) is 29.5 Å². The van der Waals surface area contributed by atoms with Crippen molar-refractivity contribution < 1.29 is 27.5 Å². The third kappa shape index (κ3) is 7.54. The monoisotopic (exact) mass is 621 g/mol. The number of carbonyl (C=O) groups excluding carboxylic acids is 2. The van der Waals surface area contributed by atoms with Crippen molar-refractivity contribution in [3.05, 3.63) is 89.7 Å². The number of hydrogen-bond acceptors (Lipinski definition) is 6. The number of carbonyl (C=O) groups is 2. The quantitative estimate of drug-likeness (QED) is 0.196. The molecule has 0 saturated carbocycles. The molecular formula is C32H30F3N5O3S. The van der Waals surface area contributed by atoms with Gasteiger partial charge in [0.15, 0.2) is 11.0 Å². The van der Waals surface area contributed by atoms with Gasteiger partial charge in [-0.15, -0.1) is 18.3 Å². The predicted molar refractivity (Wildman–Crippen MR) is 164 cm³/mol. The van der Waals surface area contributed by atoms with Crippen molar-refractivity contribution in [2.45, 2.75) is 52.3 Å². The Labute approximate surface area is 257 Å². The van der Waals surface area contributed by atoms with E-state index in [4.69, 9.17) is 0 Å². The highest BCUT2D eigenvalue weighted by molar-refractivity contribution is 8.15. The summed E-state index contributed by atoms with van der Waals surface area (Å²) in [6.07, 6.45) is -1.87. The minimum Gasteiger partial charge on any atom is -0.406 e. The first kappa shape index (κ1) is 31.0. The number of anilines is 1. The van der Waals surface area contributed by atoms with Gasteiger partial charge in [-0.2, -0.15) is 4.99 Å². The molecule has 8 nitrogen and oxygen atoms in total. The standard InChI is InChI=1S/C32H30F3N5O3S/c1-20(2)26-16-21(3)10-15-27(26)40-29(42)18-44-31(40)37-28(41)9-5-7-22-6-4-8-23(17-22)30-36-19-39(38-30)24-11-13-25(14-12-24)43-32(33,34)35/h4,6,8,10-17,19-20H,5,7,9,18H2,1-3H3. The number of aliphatic imine (C=N–C) groups is 1. The summed E-state index contributed by atoms with van der Waals surface area (Å²) >= 11 is 1.28. The van der Waals surface area contributed by atoms with Gasteiger partial charge in [-0.25, -0.2) is 9.67 Å². The van der Waals surface area contributed by atoms with Crippen molar-refractivity contribution in [3.8, 4) is 22.8 Å². The average Bonchev–Trinajstić information content (AvgIpc) is 3.60. The molecular weight excluding hydrogens is 591 g/mol. The summed E-state index contributed by atoms with van der Waals surface area (Å²) < 4.78 is 42.7. The van der Waals surface area contributed by atoms with Crippen LogP contribution in [0.4, 0.5) is 18.9 Å². The Kier molecular flexibility index (Phi) is 9.19. The Hall–Kier alpha value is -4.45. The molecule has 0 N–H and O–H groups in total. The first-order valence-electron chi connectivity index (χ1n) is 14.0. The second kappa shape index (κ2) is 13.0. The largest absolute Gasteiger partial charge is 0.573 e. The van der Waals surface area contributed by atoms with Gasteiger partial charge in [-0.1, -0.05) is 61.5 Å². The molecule has 228 valence electrons. The molecule has 3 aromatic carbocycles. The lowest BCUT2D eigenvalue weighted by Gasteiger charge is -2.22. The number of ether oxygens (including phenoxy) is 1. The van der Waals surface area contributed by atoms with E-state index in [0.717, 1.165) is 27.9 Å². The number of nitrogens with zero attached hydrogens (tertiary/aromatic N) is 5. The van der Waals surface area contributed by atoms with Crippen molar-refractivity contribution >= 4 is 34.4 Å². The van der Waals surface area contributed by atoms with Crippen molar-refractivity contribution in [1.29, 1.82) is 0 Å². The Morgan fingerprint density at radius 1 is 1.09 bits per heavy atom. The Morgan fingerprint density at radius 2 is 1.86 bits per heavy atom. The third-order valence-corrected chi connectivity index (χ3v) is 7.82. The van der Waals surface area contributed by atoms with E-state index in [1.54, 1.807) is 4.90 Å². The molecule has 2 heterocycles. The van der Waals surface area contributed by atoms with Crippen LogP contribution in [0, 0.1) is 6.92 Å². The zero-order chi connectivity index (χ0) is 31.4. The van der Waals surface area contributed by atoms with Crippen LogP contribution in [-0.4, -0.2) is 43.9 Å². The van der Waals surface area contributed by atoms with E-state index < -0.39 is 6.36 Å². The van der Waals surface area contributed by atoms with Crippen LogP contribution in [0.2, 0.25) is 0 Å². The highest BCUT2D eigenvalue weighted by atomic mass is 32.2. The number of amidine groups is 1. The number of halogens is 3. The molecule has 1 saturated heterocycles. The summed E-state index contributed by atoms with van der Waals surface area (Å²) in [5.74, 6) is 0.198. The van der Waals surface area contributed by atoms with Crippen LogP contribution < -0.4 is 9.64 Å². The minimum absolute atomic E-state index is 0.0901. The molecule has 1 aliphatic heterocycles. The summed E-state index contributed by atoms with van der Waals surface area (Å²) in [6.45, 7) is 6.16. The predicted octanol–water partition coefficient (Wildman–Crippen LogP) is 7.25. The summed E-state index contributed by atoms with van der Waals surface area (Å²) in [4.78, 5) is 35.8. The Bertz CT molecular complexity index is 1700. The average molecular weight is 622 g/mol. The number of rotatable bonds is 9. The van der Waals surface area contributed by atoms with Gasteiger partial charge in [0, 0.05) is 12.0 Å². The number of hydrogen-bond donors (Lipinski definition) is 0. The van der Waals surface area contributed by atoms with E-state index >= 15 is 0 Å². The van der Waals surface area contributed by atoms with Gasteiger partial charge in [0.2, 0.25) is 11.8 Å². The van der Waals surface area contributed by atoms with Gasteiger partial charge < -0.3 is 4.74 Å². The number of amides is 2. The summed E-state index contributed by atoms with van der Waals surface area (Å²) in [7, 11) is 0. The van der Waals surface area contributed by atoms with Crippen molar-refractivity contribution in [1.82, 2.24) is 14.8 Å². The number of aromatic nitrogens is 3. The first-order valence-corrected chi connectivity index (χ1v) is 15.0. The smallest absolute Gasteiger partial charge is 0.406 e. The second-order valence-corrected chi connectivity index (χ2v) is 11.6. The number of alkyl halides is 3. The lowest BCUT2D eigenvalue weighted by atomic mass is 9.98. The maximum absolute atomic E-state index is 12.8. The molecule has 0 radical (unpaired) electrons. The van der Waals surface area contributed by atoms with Gasteiger partial charge in [-0.3, -0.25) is 14.5 Å². The van der Waals surface area contributed by atoms with Crippen molar-refractivity contribution in [3.63, 3.8) is 0 Å². The van der Waals surface area contributed by atoms with Crippen molar-refractivity contribution in [2.24, 2.45) is 4.99 Å². The van der Waals surface area contributed by atoms with Crippen LogP contribution in [-0.2, 0) is 16.0 Å². The van der Waals surface area contributed by atoms with Crippen LogP contribution in [0.5, 0.6) is 5.75 Å². The van der Waals surface area contributed by atoms with E-state index in [-0.39, 0.29) is 35.7 Å². The summed E-state index contributed by atoms with van der Waals surface area (Å²) in [5.41, 5.74) is 5.19. The van der Waals surface area contributed by atoms with Crippen LogP contribution in [0.3, 0.4) is 0 Å². The molecule has 0 aliphatic carbocycles. The zero-order valence-electron chi connectivity index (χ0n) is 24.3. The molecule has 4 aromatic rings. The van der Waals surface area contributed by atoms with Gasteiger partial charge in [-0.05, 0) is 73.2 Å². The highest BCUT2D eigenvalue weighted by Crippen LogP contribution is 2.34. The van der Waals surface area contributed by atoms with Crippen molar-refractivity contribution in [2.75, 3.05) is 10.7 Å². The maximum atomic E-state index is 12.8. The van der Waals surface area contributed by atoms with E-state index in [2.05, 4.69) is 39.7 Å². The van der Waals surface area contributed by atoms with Gasteiger partial charge in [0.25, 0.3) is 0 Å². The van der Waals surface area contributed by atoms with E-state index in [1.807, 2.05) is 43.3 Å². The van der Waals surface area contributed by atoms with E-state index in [9.17, 15) is 22.8 Å². The number of benzene rings is 3. The lowest BCUT2D eigenvalue weighted by Crippen LogP contribution is -2.31. The Morgan fingerprint density at radius 3 is 2.59 bits per heavy atom. The summed E-state index contributed by atoms with van der Waals surface area (Å²) in [5, 5.41) is 4.87. The molecule has 2 amide bonds. The molecule has 0 spiro atoms. The molecule has 1 fully saturated rings. The summed E-state index contributed by atoms with van der Waals surface area (Å²) in [6, 6.07) is 18.9. The van der Waals surface area contributed by atoms with Crippen LogP contribution >= 0.6 is 11.8 Å². The van der Waals surface area contributed by atoms with Crippen LogP contribution in [0.1, 0.15) is 49.3 Å². The number of aryl methyl sites for hydroxylation is 2. The third-order valence-electron chi connectivity index (χ3n) is 6.90. The number of thioether (sulfide) groups is 1. The molecule has 1 aliphatic rings. The van der Waals surface area contributed by atoms with Gasteiger partial charge >= 0.3 is 6.36 Å². The lowest BCUT2D eigenvalue weighted by molar-refractivity contribution is -0.274. The molecule has 44 heavy (non-hydrogen) atoms. The molecule has 12 heteroatoms.